The maximum Gasteiger partial charge on any atom is 0.287 e. The zero-order chi connectivity index (χ0) is 31.4. The average molecular weight is 601 g/mol. The van der Waals surface area contributed by atoms with Crippen LogP contribution in [0.3, 0.4) is 0 Å². The number of carbonyl (C=O) groups is 4. The highest BCUT2D eigenvalue weighted by molar-refractivity contribution is 6.37. The van der Waals surface area contributed by atoms with Gasteiger partial charge in [0.25, 0.3) is 5.91 Å². The predicted molar refractivity (Wildman–Crippen MR) is 165 cm³/mol. The van der Waals surface area contributed by atoms with E-state index in [-0.39, 0.29) is 39.5 Å². The summed E-state index contributed by atoms with van der Waals surface area (Å²) in [6, 6.07) is -2.27. The van der Waals surface area contributed by atoms with Gasteiger partial charge >= 0.3 is 0 Å². The minimum Gasteiger partial charge on any atom is -0.363 e. The lowest BCUT2D eigenvalue weighted by molar-refractivity contribution is -0.144. The Balaban J connectivity index is 1.37. The molecule has 0 aromatic heterocycles. The van der Waals surface area contributed by atoms with Gasteiger partial charge in [0.15, 0.2) is 0 Å². The number of hydrogen-bond donors (Lipinski definition) is 5. The normalized spacial score (nSPS) is 30.3. The lowest BCUT2D eigenvalue weighted by Gasteiger charge is -2.38. The molecular weight excluding hydrogens is 544 g/mol. The number of nitrogens with two attached hydrogens (primary N) is 2. The van der Waals surface area contributed by atoms with Crippen molar-refractivity contribution in [2.75, 3.05) is 13.1 Å². The zero-order valence-electron chi connectivity index (χ0n) is 27.2. The van der Waals surface area contributed by atoms with Crippen LogP contribution in [0.15, 0.2) is 0 Å². The molecule has 43 heavy (non-hydrogen) atoms. The minimum absolute atomic E-state index is 0.00993. The van der Waals surface area contributed by atoms with Crippen LogP contribution >= 0.6 is 0 Å². The number of rotatable bonds is 11. The second-order valence-corrected chi connectivity index (χ2v) is 16.4. The molecule has 5 fully saturated rings. The summed E-state index contributed by atoms with van der Waals surface area (Å²) in [4.78, 5) is 55.1. The molecule has 0 bridgehead atoms. The van der Waals surface area contributed by atoms with E-state index >= 15 is 0 Å². The van der Waals surface area contributed by atoms with Gasteiger partial charge in [-0.15, -0.1) is 0 Å². The maximum absolute atomic E-state index is 14.5. The molecule has 4 aliphatic carbocycles. The van der Waals surface area contributed by atoms with Crippen molar-refractivity contribution >= 4 is 23.5 Å². The number of carbonyl (C=O) groups excluding carboxylic acids is 4. The van der Waals surface area contributed by atoms with E-state index in [0.717, 1.165) is 57.8 Å². The lowest BCUT2D eigenvalue weighted by Crippen LogP contribution is -2.62. The highest BCUT2D eigenvalue weighted by atomic mass is 16.2. The Hall–Kier alpha value is -2.04. The monoisotopic (exact) mass is 600 g/mol. The molecular formula is C33H56N6O4. The lowest BCUT2D eigenvalue weighted by atomic mass is 9.73. The van der Waals surface area contributed by atoms with Crippen LogP contribution in [0.1, 0.15) is 118 Å². The van der Waals surface area contributed by atoms with Crippen molar-refractivity contribution in [1.29, 1.82) is 0 Å². The summed E-state index contributed by atoms with van der Waals surface area (Å²) in [5, 5.41) is 2.91. The molecule has 0 aromatic carbocycles. The predicted octanol–water partition coefficient (Wildman–Crippen LogP) is 2.68. The van der Waals surface area contributed by atoms with E-state index in [1.165, 1.54) is 12.8 Å². The molecule has 10 nitrogen and oxygen atoms in total. The van der Waals surface area contributed by atoms with Gasteiger partial charge in [0.1, 0.15) is 12.1 Å². The Kier molecular flexibility index (Phi) is 8.57. The summed E-state index contributed by atoms with van der Waals surface area (Å²) in [5.74, 6) is -1.98. The second-order valence-electron chi connectivity index (χ2n) is 16.4. The molecule has 0 radical (unpaired) electrons. The van der Waals surface area contributed by atoms with Crippen molar-refractivity contribution in [3.05, 3.63) is 0 Å². The van der Waals surface area contributed by atoms with Crippen molar-refractivity contribution < 1.29 is 19.2 Å². The molecule has 4 atom stereocenters. The molecule has 1 aliphatic heterocycles. The maximum atomic E-state index is 14.5. The number of nitrogens with zero attached hydrogens (tertiary/aromatic N) is 1. The molecule has 1 saturated heterocycles. The first-order valence-electron chi connectivity index (χ1n) is 16.8. The second kappa shape index (κ2) is 11.4. The highest BCUT2D eigenvalue weighted by Gasteiger charge is 2.85. The van der Waals surface area contributed by atoms with Crippen LogP contribution in [0.25, 0.3) is 0 Å². The molecule has 10 heteroatoms. The van der Waals surface area contributed by atoms with E-state index in [4.69, 9.17) is 11.5 Å². The SMILES string of the molecule is CC(C)(C)[C@H](NNCC1(N)CCCCC1)C(=O)N1C[C@]2(C[C@H]1C(=O)NC(CC1CCC1)C(=O)C(N)=O)C(C)(C)C21CCC1. The Bertz CT molecular complexity index is 1120. The molecule has 5 aliphatic rings. The molecule has 2 spiro atoms. The molecule has 1 unspecified atom stereocenters. The topological polar surface area (TPSA) is 160 Å². The van der Waals surface area contributed by atoms with Gasteiger partial charge in [0.2, 0.25) is 17.6 Å². The third kappa shape index (κ3) is 5.54. The third-order valence-corrected chi connectivity index (χ3v) is 12.7. The highest BCUT2D eigenvalue weighted by Crippen LogP contribution is 2.88. The third-order valence-electron chi connectivity index (χ3n) is 12.7. The van der Waals surface area contributed by atoms with Crippen molar-refractivity contribution in [1.82, 2.24) is 21.1 Å². The van der Waals surface area contributed by atoms with E-state index in [1.54, 1.807) is 4.90 Å². The number of likely N-dealkylation sites (tertiary alicyclic amines) is 1. The van der Waals surface area contributed by atoms with Gasteiger partial charge in [0.05, 0.1) is 6.04 Å². The summed E-state index contributed by atoms with van der Waals surface area (Å²) < 4.78 is 0. The minimum atomic E-state index is -1.03. The van der Waals surface area contributed by atoms with Gasteiger partial charge in [-0.05, 0) is 60.7 Å². The molecule has 0 aromatic rings. The zero-order valence-corrected chi connectivity index (χ0v) is 27.2. The summed E-state index contributed by atoms with van der Waals surface area (Å²) in [7, 11) is 0. The summed E-state index contributed by atoms with van der Waals surface area (Å²) in [6.07, 6.45) is 12.7. The van der Waals surface area contributed by atoms with E-state index in [9.17, 15) is 19.2 Å². The van der Waals surface area contributed by atoms with Gasteiger partial charge in [-0.3, -0.25) is 24.6 Å². The summed E-state index contributed by atoms with van der Waals surface area (Å²) in [5.41, 5.74) is 18.0. The quantitative estimate of drug-likeness (QED) is 0.180. The molecule has 4 saturated carbocycles. The van der Waals surface area contributed by atoms with E-state index in [1.807, 2.05) is 20.8 Å². The molecule has 1 heterocycles. The van der Waals surface area contributed by atoms with Gasteiger partial charge in [-0.2, -0.15) is 0 Å². The number of nitrogens with one attached hydrogen (secondary N) is 3. The Morgan fingerprint density at radius 3 is 2.07 bits per heavy atom. The summed E-state index contributed by atoms with van der Waals surface area (Å²) >= 11 is 0. The van der Waals surface area contributed by atoms with Crippen LogP contribution in [0.4, 0.5) is 0 Å². The van der Waals surface area contributed by atoms with Gasteiger partial charge in [0, 0.05) is 24.0 Å². The number of amides is 3. The Morgan fingerprint density at radius 1 is 0.930 bits per heavy atom. The van der Waals surface area contributed by atoms with Crippen molar-refractivity contribution in [2.45, 2.75) is 142 Å². The first-order chi connectivity index (χ1) is 20.1. The number of hydrogen-bond acceptors (Lipinski definition) is 7. The number of ketones is 1. The van der Waals surface area contributed by atoms with Gasteiger partial charge in [-0.1, -0.05) is 79.6 Å². The van der Waals surface area contributed by atoms with Crippen LogP contribution in [0.5, 0.6) is 0 Å². The van der Waals surface area contributed by atoms with Gasteiger partial charge < -0.3 is 21.7 Å². The first-order valence-corrected chi connectivity index (χ1v) is 16.8. The van der Waals surface area contributed by atoms with Crippen LogP contribution in [-0.4, -0.2) is 65.2 Å². The fraction of sp³-hybridized carbons (Fsp3) is 0.879. The van der Waals surface area contributed by atoms with E-state index in [0.29, 0.717) is 25.9 Å². The molecule has 7 N–H and O–H groups in total. The first kappa shape index (κ1) is 32.4. The van der Waals surface area contributed by atoms with Crippen molar-refractivity contribution in [3.8, 4) is 0 Å². The molecule has 5 rings (SSSR count). The Morgan fingerprint density at radius 2 is 1.58 bits per heavy atom. The number of primary amides is 1. The largest absolute Gasteiger partial charge is 0.363 e. The summed E-state index contributed by atoms with van der Waals surface area (Å²) in [6.45, 7) is 11.7. The average Bonchev–Trinajstić information content (AvgIpc) is 3.10. The fourth-order valence-corrected chi connectivity index (χ4v) is 9.37. The van der Waals surface area contributed by atoms with Crippen molar-refractivity contribution in [3.63, 3.8) is 0 Å². The Labute approximate surface area is 257 Å². The van der Waals surface area contributed by atoms with Crippen molar-refractivity contribution in [2.24, 2.45) is 39.0 Å². The van der Waals surface area contributed by atoms with E-state index < -0.39 is 35.2 Å². The van der Waals surface area contributed by atoms with E-state index in [2.05, 4.69) is 30.0 Å². The fourth-order valence-electron chi connectivity index (χ4n) is 9.37. The standard InChI is InChI=1S/C33H56N6O4/c1-29(2,3)25(38-36-19-31(35)13-7-6-8-14-31)28(43)39-20-33(30(4,5)32(33)15-10-16-32)18-23(39)27(42)37-22(24(40)26(34)41)17-21-11-9-12-21/h21-23,25,36,38H,6-20,35H2,1-5H3,(H2,34,41)(H,37,42)/t22?,23-,25+,33+/m0/s1. The molecule has 242 valence electrons. The van der Waals surface area contributed by atoms with Crippen LogP contribution < -0.4 is 27.6 Å². The van der Waals surface area contributed by atoms with Crippen LogP contribution in [-0.2, 0) is 19.2 Å². The van der Waals surface area contributed by atoms with Crippen LogP contribution in [0, 0.1) is 27.6 Å². The number of fused-ring (bicyclic) bond motifs is 1. The molecule has 3 amide bonds. The number of Topliss-reactive ketones (excluding diaryl/α,β-unsaturated/α-hetero) is 1. The smallest absolute Gasteiger partial charge is 0.287 e. The number of hydrazine groups is 1. The van der Waals surface area contributed by atoms with Crippen LogP contribution in [0.2, 0.25) is 0 Å². The van der Waals surface area contributed by atoms with Gasteiger partial charge in [-0.25, -0.2) is 5.43 Å².